The van der Waals surface area contributed by atoms with Crippen LogP contribution in [-0.4, -0.2) is 32.7 Å². The van der Waals surface area contributed by atoms with Crippen LogP contribution in [0.3, 0.4) is 0 Å². The van der Waals surface area contributed by atoms with Gasteiger partial charge in [0, 0.05) is 22.6 Å². The van der Waals surface area contributed by atoms with Gasteiger partial charge in [0.15, 0.2) is 9.84 Å². The fraction of sp³-hybridized carbons (Fsp3) is 0.250. The standard InChI is InChI=1S/C16H17BrClNO2S/c1-19(12-13-4-2-3-5-16(13)17)10-11-22(20,21)15-8-6-14(18)7-9-15/h2-9H,10-12H2,1H3. The second kappa shape index (κ2) is 7.59. The molecule has 0 bridgehead atoms. The van der Waals surface area contributed by atoms with Crippen molar-refractivity contribution >= 4 is 37.4 Å². The van der Waals surface area contributed by atoms with Crippen molar-refractivity contribution in [1.82, 2.24) is 4.90 Å². The Balaban J connectivity index is 1.97. The molecule has 0 atom stereocenters. The first-order chi connectivity index (χ1) is 10.4. The maximum Gasteiger partial charge on any atom is 0.179 e. The van der Waals surface area contributed by atoms with Gasteiger partial charge in [0.1, 0.15) is 0 Å². The smallest absolute Gasteiger partial charge is 0.179 e. The molecule has 0 radical (unpaired) electrons. The maximum absolute atomic E-state index is 12.3. The van der Waals surface area contributed by atoms with Crippen LogP contribution < -0.4 is 0 Å². The lowest BCUT2D eigenvalue weighted by Gasteiger charge is -2.17. The number of benzene rings is 2. The van der Waals surface area contributed by atoms with Crippen LogP contribution in [0.4, 0.5) is 0 Å². The molecule has 0 aliphatic rings. The number of nitrogens with zero attached hydrogens (tertiary/aromatic N) is 1. The van der Waals surface area contributed by atoms with Gasteiger partial charge in [-0.1, -0.05) is 45.7 Å². The lowest BCUT2D eigenvalue weighted by atomic mass is 10.2. The number of sulfone groups is 1. The molecule has 22 heavy (non-hydrogen) atoms. The fourth-order valence-corrected chi connectivity index (χ4v) is 3.91. The van der Waals surface area contributed by atoms with Gasteiger partial charge in [-0.2, -0.15) is 0 Å². The van der Waals surface area contributed by atoms with E-state index in [1.165, 1.54) is 0 Å². The third-order valence-electron chi connectivity index (χ3n) is 3.31. The van der Waals surface area contributed by atoms with E-state index in [-0.39, 0.29) is 5.75 Å². The van der Waals surface area contributed by atoms with Crippen molar-refractivity contribution < 1.29 is 8.42 Å². The van der Waals surface area contributed by atoms with Gasteiger partial charge in [0.2, 0.25) is 0 Å². The van der Waals surface area contributed by atoms with E-state index in [4.69, 9.17) is 11.6 Å². The van der Waals surface area contributed by atoms with E-state index in [9.17, 15) is 8.42 Å². The van der Waals surface area contributed by atoms with Crippen molar-refractivity contribution in [2.24, 2.45) is 0 Å². The molecule has 3 nitrogen and oxygen atoms in total. The highest BCUT2D eigenvalue weighted by atomic mass is 79.9. The number of hydrogen-bond acceptors (Lipinski definition) is 3. The maximum atomic E-state index is 12.3. The highest BCUT2D eigenvalue weighted by Gasteiger charge is 2.15. The molecule has 0 aliphatic carbocycles. The normalized spacial score (nSPS) is 11.8. The molecule has 0 saturated heterocycles. The van der Waals surface area contributed by atoms with Crippen LogP contribution in [0.1, 0.15) is 5.56 Å². The number of rotatable bonds is 6. The molecule has 2 aromatic rings. The van der Waals surface area contributed by atoms with Gasteiger partial charge in [-0.3, -0.25) is 0 Å². The van der Waals surface area contributed by atoms with Gasteiger partial charge >= 0.3 is 0 Å². The highest BCUT2D eigenvalue weighted by Crippen LogP contribution is 2.18. The van der Waals surface area contributed by atoms with Crippen LogP contribution in [0.25, 0.3) is 0 Å². The molecule has 0 N–H and O–H groups in total. The van der Waals surface area contributed by atoms with Gasteiger partial charge < -0.3 is 4.90 Å². The zero-order chi connectivity index (χ0) is 16.2. The Bertz CT molecular complexity index is 732. The zero-order valence-electron chi connectivity index (χ0n) is 12.2. The summed E-state index contributed by atoms with van der Waals surface area (Å²) in [6.07, 6.45) is 0. The summed E-state index contributed by atoms with van der Waals surface area (Å²) in [5.41, 5.74) is 1.13. The van der Waals surface area contributed by atoms with Gasteiger partial charge in [0.05, 0.1) is 10.6 Å². The summed E-state index contributed by atoms with van der Waals surface area (Å²) in [5, 5.41) is 0.532. The average molecular weight is 403 g/mol. The van der Waals surface area contributed by atoms with Crippen molar-refractivity contribution in [3.63, 3.8) is 0 Å². The van der Waals surface area contributed by atoms with Crippen LogP contribution in [0.15, 0.2) is 57.9 Å². The lowest BCUT2D eigenvalue weighted by Crippen LogP contribution is -2.25. The minimum absolute atomic E-state index is 0.0790. The Morgan fingerprint density at radius 3 is 2.36 bits per heavy atom. The van der Waals surface area contributed by atoms with E-state index in [0.29, 0.717) is 23.0 Å². The van der Waals surface area contributed by atoms with Crippen molar-refractivity contribution in [1.29, 1.82) is 0 Å². The molecule has 6 heteroatoms. The first-order valence-corrected chi connectivity index (χ1v) is 9.61. The van der Waals surface area contributed by atoms with Gasteiger partial charge in [-0.05, 0) is 42.9 Å². The molecule has 0 fully saturated rings. The minimum Gasteiger partial charge on any atom is -0.301 e. The summed E-state index contributed by atoms with van der Waals surface area (Å²) < 4.78 is 25.6. The van der Waals surface area contributed by atoms with E-state index >= 15 is 0 Å². The molecule has 0 saturated carbocycles. The van der Waals surface area contributed by atoms with E-state index < -0.39 is 9.84 Å². The Labute approximate surface area is 145 Å². The van der Waals surface area contributed by atoms with Crippen molar-refractivity contribution in [2.75, 3.05) is 19.3 Å². The van der Waals surface area contributed by atoms with E-state index in [0.717, 1.165) is 10.0 Å². The lowest BCUT2D eigenvalue weighted by molar-refractivity contribution is 0.345. The topological polar surface area (TPSA) is 37.4 Å². The van der Waals surface area contributed by atoms with Gasteiger partial charge in [0.25, 0.3) is 0 Å². The van der Waals surface area contributed by atoms with Gasteiger partial charge in [-0.25, -0.2) is 8.42 Å². The van der Waals surface area contributed by atoms with Crippen molar-refractivity contribution in [3.8, 4) is 0 Å². The molecule has 2 aromatic carbocycles. The first kappa shape index (κ1) is 17.5. The van der Waals surface area contributed by atoms with E-state index in [1.807, 2.05) is 36.2 Å². The third kappa shape index (κ3) is 4.81. The predicted molar refractivity (Wildman–Crippen MR) is 94.0 cm³/mol. The summed E-state index contributed by atoms with van der Waals surface area (Å²) in [5.74, 6) is 0.0790. The second-order valence-electron chi connectivity index (χ2n) is 5.10. The average Bonchev–Trinajstić information content (AvgIpc) is 2.48. The van der Waals surface area contributed by atoms with Crippen LogP contribution in [0, 0.1) is 0 Å². The summed E-state index contributed by atoms with van der Waals surface area (Å²) in [6, 6.07) is 14.2. The summed E-state index contributed by atoms with van der Waals surface area (Å²) >= 11 is 9.29. The molecule has 0 amide bonds. The molecule has 2 rings (SSSR count). The Kier molecular flexibility index (Phi) is 6.03. The van der Waals surface area contributed by atoms with Crippen LogP contribution >= 0.6 is 27.5 Å². The minimum atomic E-state index is -3.29. The molecule has 0 spiro atoms. The van der Waals surface area contributed by atoms with Crippen molar-refractivity contribution in [3.05, 3.63) is 63.6 Å². The highest BCUT2D eigenvalue weighted by molar-refractivity contribution is 9.10. The van der Waals surface area contributed by atoms with E-state index in [1.54, 1.807) is 24.3 Å². The predicted octanol–water partition coefficient (Wildman–Crippen LogP) is 4.01. The Morgan fingerprint density at radius 2 is 1.73 bits per heavy atom. The molecule has 0 unspecified atom stereocenters. The molecule has 0 aromatic heterocycles. The second-order valence-corrected chi connectivity index (χ2v) is 8.50. The largest absolute Gasteiger partial charge is 0.301 e. The van der Waals surface area contributed by atoms with Crippen LogP contribution in [-0.2, 0) is 16.4 Å². The quantitative estimate of drug-likeness (QED) is 0.732. The molecular formula is C16H17BrClNO2S. The molecular weight excluding hydrogens is 386 g/mol. The number of hydrogen-bond donors (Lipinski definition) is 0. The van der Waals surface area contributed by atoms with Crippen LogP contribution in [0.2, 0.25) is 5.02 Å². The van der Waals surface area contributed by atoms with E-state index in [2.05, 4.69) is 15.9 Å². The third-order valence-corrected chi connectivity index (χ3v) is 6.05. The molecule has 118 valence electrons. The SMILES string of the molecule is CN(CCS(=O)(=O)c1ccc(Cl)cc1)Cc1ccccc1Br. The van der Waals surface area contributed by atoms with Crippen LogP contribution in [0.5, 0.6) is 0 Å². The zero-order valence-corrected chi connectivity index (χ0v) is 15.3. The molecule has 0 aliphatic heterocycles. The molecule has 0 heterocycles. The van der Waals surface area contributed by atoms with Crippen molar-refractivity contribution in [2.45, 2.75) is 11.4 Å². The van der Waals surface area contributed by atoms with Gasteiger partial charge in [-0.15, -0.1) is 0 Å². The number of halogens is 2. The summed E-state index contributed by atoms with van der Waals surface area (Å²) in [4.78, 5) is 2.30. The first-order valence-electron chi connectivity index (χ1n) is 6.79. The summed E-state index contributed by atoms with van der Waals surface area (Å²) in [6.45, 7) is 1.16. The fourth-order valence-electron chi connectivity index (χ4n) is 2.03. The monoisotopic (exact) mass is 401 g/mol. The summed E-state index contributed by atoms with van der Waals surface area (Å²) in [7, 11) is -1.37. The Morgan fingerprint density at radius 1 is 1.09 bits per heavy atom. The Hall–Kier alpha value is -0.880.